The van der Waals surface area contributed by atoms with E-state index in [1.54, 1.807) is 0 Å². The Morgan fingerprint density at radius 2 is 1.69 bits per heavy atom. The molecule has 0 saturated heterocycles. The van der Waals surface area contributed by atoms with Crippen LogP contribution in [0.25, 0.3) is 0 Å². The molecular weight excluding hydrogens is 354 g/mol. The Balaban J connectivity index is 0.000000311. The summed E-state index contributed by atoms with van der Waals surface area (Å²) in [6, 6.07) is 8.92. The molecule has 2 N–H and O–H groups in total. The Labute approximate surface area is 181 Å². The first-order valence-corrected chi connectivity index (χ1v) is 11.9. The highest BCUT2D eigenvalue weighted by Crippen LogP contribution is 2.38. The van der Waals surface area contributed by atoms with E-state index in [4.69, 9.17) is 0 Å². The number of nitrogens with one attached hydrogen (secondary N) is 1. The molecule has 2 atom stereocenters. The van der Waals surface area contributed by atoms with E-state index in [9.17, 15) is 5.11 Å². The van der Waals surface area contributed by atoms with Gasteiger partial charge in [-0.1, -0.05) is 70.5 Å². The molecule has 0 spiro atoms. The SMILES string of the molecule is C=C(O)CC1CCCC(c2ccc(C)cc2)C1.CC(C)CCCNCCC(C)C. The topological polar surface area (TPSA) is 32.3 Å². The molecule has 2 nitrogen and oxygen atoms in total. The average molecular weight is 402 g/mol. The Bertz CT molecular complexity index is 534. The molecule has 1 saturated carbocycles. The number of aliphatic hydroxyl groups excluding tert-OH is 1. The van der Waals surface area contributed by atoms with Crippen LogP contribution in [0.5, 0.6) is 0 Å². The maximum absolute atomic E-state index is 9.30. The van der Waals surface area contributed by atoms with Gasteiger partial charge in [-0.25, -0.2) is 0 Å². The summed E-state index contributed by atoms with van der Waals surface area (Å²) in [4.78, 5) is 0. The van der Waals surface area contributed by atoms with Gasteiger partial charge in [-0.15, -0.1) is 0 Å². The van der Waals surface area contributed by atoms with Gasteiger partial charge in [-0.2, -0.15) is 0 Å². The number of hydrogen-bond acceptors (Lipinski definition) is 2. The third-order valence-corrected chi connectivity index (χ3v) is 5.89. The number of hydrogen-bond donors (Lipinski definition) is 2. The maximum atomic E-state index is 9.30. The molecule has 0 aromatic heterocycles. The predicted octanol–water partition coefficient (Wildman–Crippen LogP) is 7.79. The van der Waals surface area contributed by atoms with Gasteiger partial charge in [0.2, 0.25) is 0 Å². The van der Waals surface area contributed by atoms with Crippen LogP contribution >= 0.6 is 0 Å². The zero-order valence-electron chi connectivity index (χ0n) is 19.8. The summed E-state index contributed by atoms with van der Waals surface area (Å²) < 4.78 is 0. The van der Waals surface area contributed by atoms with Gasteiger partial charge in [-0.3, -0.25) is 0 Å². The monoisotopic (exact) mass is 401 g/mol. The van der Waals surface area contributed by atoms with Crippen LogP contribution in [-0.2, 0) is 0 Å². The van der Waals surface area contributed by atoms with Crippen LogP contribution in [0.1, 0.15) is 96.1 Å². The average Bonchev–Trinajstić information content (AvgIpc) is 2.65. The van der Waals surface area contributed by atoms with Crippen molar-refractivity contribution in [2.24, 2.45) is 17.8 Å². The molecule has 0 heterocycles. The first-order chi connectivity index (χ1) is 13.8. The lowest BCUT2D eigenvalue weighted by Gasteiger charge is -2.29. The summed E-state index contributed by atoms with van der Waals surface area (Å²) >= 11 is 0. The van der Waals surface area contributed by atoms with Crippen molar-refractivity contribution >= 4 is 0 Å². The van der Waals surface area contributed by atoms with Gasteiger partial charge < -0.3 is 10.4 Å². The first-order valence-electron chi connectivity index (χ1n) is 11.9. The Morgan fingerprint density at radius 1 is 1.03 bits per heavy atom. The van der Waals surface area contributed by atoms with Crippen molar-refractivity contribution in [2.75, 3.05) is 13.1 Å². The summed E-state index contributed by atoms with van der Waals surface area (Å²) in [7, 11) is 0. The maximum Gasteiger partial charge on any atom is 0.0853 e. The van der Waals surface area contributed by atoms with Crippen molar-refractivity contribution in [3.8, 4) is 0 Å². The van der Waals surface area contributed by atoms with Crippen LogP contribution in [0.3, 0.4) is 0 Å². The van der Waals surface area contributed by atoms with E-state index in [1.807, 2.05) is 0 Å². The molecule has 1 aromatic carbocycles. The number of aliphatic hydroxyl groups is 1. The highest BCUT2D eigenvalue weighted by atomic mass is 16.3. The third kappa shape index (κ3) is 12.8. The summed E-state index contributed by atoms with van der Waals surface area (Å²) in [5, 5.41) is 12.8. The molecule has 0 amide bonds. The molecule has 1 aliphatic rings. The van der Waals surface area contributed by atoms with E-state index in [-0.39, 0.29) is 0 Å². The summed E-state index contributed by atoms with van der Waals surface area (Å²) in [6.45, 7) is 17.3. The lowest BCUT2D eigenvalue weighted by molar-refractivity contribution is 0.278. The summed E-state index contributed by atoms with van der Waals surface area (Å²) in [5.41, 5.74) is 2.79. The van der Waals surface area contributed by atoms with E-state index in [1.165, 1.54) is 69.2 Å². The van der Waals surface area contributed by atoms with Crippen LogP contribution in [0.4, 0.5) is 0 Å². The molecule has 2 heteroatoms. The highest BCUT2D eigenvalue weighted by molar-refractivity contribution is 5.25. The molecule has 1 fully saturated rings. The zero-order chi connectivity index (χ0) is 21.6. The normalized spacial score (nSPS) is 19.1. The molecule has 0 radical (unpaired) electrons. The van der Waals surface area contributed by atoms with E-state index in [0.29, 0.717) is 17.6 Å². The molecule has 2 rings (SSSR count). The fraction of sp³-hybridized carbons (Fsp3) is 0.704. The van der Waals surface area contributed by atoms with Crippen molar-refractivity contribution in [1.82, 2.24) is 5.32 Å². The van der Waals surface area contributed by atoms with E-state index in [2.05, 4.69) is 70.8 Å². The Kier molecular flexibility index (Phi) is 13.0. The molecule has 29 heavy (non-hydrogen) atoms. The van der Waals surface area contributed by atoms with E-state index < -0.39 is 0 Å². The van der Waals surface area contributed by atoms with Gasteiger partial charge in [-0.05, 0) is 87.8 Å². The number of benzene rings is 1. The minimum absolute atomic E-state index is 0.347. The van der Waals surface area contributed by atoms with Gasteiger partial charge >= 0.3 is 0 Å². The summed E-state index contributed by atoms with van der Waals surface area (Å²) in [6.07, 6.45) is 9.77. The molecule has 166 valence electrons. The second-order valence-corrected chi connectivity index (χ2v) is 9.88. The quantitative estimate of drug-likeness (QED) is 0.310. The number of aryl methyl sites for hydroxylation is 1. The highest BCUT2D eigenvalue weighted by Gasteiger charge is 2.23. The zero-order valence-corrected chi connectivity index (χ0v) is 19.8. The van der Waals surface area contributed by atoms with Crippen LogP contribution in [-0.4, -0.2) is 18.2 Å². The van der Waals surface area contributed by atoms with E-state index >= 15 is 0 Å². The first kappa shape index (κ1) is 25.8. The molecule has 0 aliphatic heterocycles. The van der Waals surface area contributed by atoms with Gasteiger partial charge in [0.1, 0.15) is 0 Å². The van der Waals surface area contributed by atoms with Crippen LogP contribution < -0.4 is 5.32 Å². The van der Waals surface area contributed by atoms with Crippen LogP contribution in [0.2, 0.25) is 0 Å². The molecule has 0 bridgehead atoms. The molecule has 1 aliphatic carbocycles. The molecule has 2 unspecified atom stereocenters. The lowest BCUT2D eigenvalue weighted by Crippen LogP contribution is -2.18. The van der Waals surface area contributed by atoms with Crippen molar-refractivity contribution < 1.29 is 5.11 Å². The number of allylic oxidation sites excluding steroid dienone is 1. The Morgan fingerprint density at radius 3 is 2.28 bits per heavy atom. The van der Waals surface area contributed by atoms with Gasteiger partial charge in [0.15, 0.2) is 0 Å². The van der Waals surface area contributed by atoms with Crippen molar-refractivity contribution in [2.45, 2.75) is 91.9 Å². The lowest BCUT2D eigenvalue weighted by atomic mass is 9.76. The van der Waals surface area contributed by atoms with Crippen molar-refractivity contribution in [1.29, 1.82) is 0 Å². The largest absolute Gasteiger partial charge is 0.513 e. The van der Waals surface area contributed by atoms with Crippen LogP contribution in [0, 0.1) is 24.7 Å². The second kappa shape index (κ2) is 14.7. The predicted molar refractivity (Wildman–Crippen MR) is 129 cm³/mol. The minimum atomic E-state index is 0.347. The van der Waals surface area contributed by atoms with Crippen molar-refractivity contribution in [3.63, 3.8) is 0 Å². The summed E-state index contributed by atoms with van der Waals surface area (Å²) in [5.74, 6) is 3.33. The van der Waals surface area contributed by atoms with Gasteiger partial charge in [0.25, 0.3) is 0 Å². The fourth-order valence-electron chi connectivity index (χ4n) is 4.10. The number of rotatable bonds is 10. The standard InChI is InChI=1S/C16H22O.C11H25N/c1-12-6-8-15(9-7-12)16-5-3-4-14(11-16)10-13(2)17;1-10(2)6-5-8-12-9-7-11(3)4/h6-9,14,16-17H,2-5,10-11H2,1H3;10-12H,5-9H2,1-4H3. The van der Waals surface area contributed by atoms with E-state index in [0.717, 1.165) is 18.3 Å². The minimum Gasteiger partial charge on any atom is -0.513 e. The molecule has 1 aromatic rings. The third-order valence-electron chi connectivity index (χ3n) is 5.89. The fourth-order valence-corrected chi connectivity index (χ4v) is 4.10. The molecular formula is C27H47NO. The second-order valence-electron chi connectivity index (χ2n) is 9.88. The van der Waals surface area contributed by atoms with Crippen LogP contribution in [0.15, 0.2) is 36.6 Å². The van der Waals surface area contributed by atoms with Crippen molar-refractivity contribution in [3.05, 3.63) is 47.7 Å². The smallest absolute Gasteiger partial charge is 0.0853 e. The Hall–Kier alpha value is -1.28. The van der Waals surface area contributed by atoms with Gasteiger partial charge in [0.05, 0.1) is 5.76 Å². The van der Waals surface area contributed by atoms with Gasteiger partial charge in [0, 0.05) is 6.42 Å².